The highest BCUT2D eigenvalue weighted by Gasteiger charge is 1.96. The van der Waals surface area contributed by atoms with E-state index in [4.69, 9.17) is 14.2 Å². The first kappa shape index (κ1) is 21.9. The van der Waals surface area contributed by atoms with Crippen molar-refractivity contribution in [1.29, 1.82) is 0 Å². The molecule has 0 atom stereocenters. The summed E-state index contributed by atoms with van der Waals surface area (Å²) in [5, 5.41) is 0. The molecule has 4 nitrogen and oxygen atoms in total. The number of ether oxygens (including phenoxy) is 3. The summed E-state index contributed by atoms with van der Waals surface area (Å²) in [6.07, 6.45) is 6.67. The van der Waals surface area contributed by atoms with Gasteiger partial charge in [-0.15, -0.1) is 0 Å². The van der Waals surface area contributed by atoms with Crippen molar-refractivity contribution >= 4 is 25.6 Å². The Bertz CT molecular complexity index is 696. The quantitative estimate of drug-likeness (QED) is 0.215. The Hall–Kier alpha value is -2.37. The summed E-state index contributed by atoms with van der Waals surface area (Å²) in [5.41, 5.74) is 3.36. The molecule has 0 bridgehead atoms. The third-order valence-electron chi connectivity index (χ3n) is 3.99. The molecule has 1 radical (unpaired) electrons. The van der Waals surface area contributed by atoms with Gasteiger partial charge in [-0.2, -0.15) is 0 Å². The molecule has 0 fully saturated rings. The SMILES string of the molecule is CCCOCCOCCOc1ccc(/C=C/c2ccc(C[B]C=O)cc2)cc1. The summed E-state index contributed by atoms with van der Waals surface area (Å²) in [6.45, 7) is 5.18. The molecule has 0 heterocycles. The molecule has 0 saturated carbocycles. The van der Waals surface area contributed by atoms with Crippen LogP contribution in [0.2, 0.25) is 0 Å². The molecule has 5 heteroatoms. The molecule has 0 unspecified atom stereocenters. The second-order valence-corrected chi connectivity index (χ2v) is 6.29. The van der Waals surface area contributed by atoms with Gasteiger partial charge in [0.25, 0.3) is 0 Å². The lowest BCUT2D eigenvalue weighted by atomic mass is 9.74. The van der Waals surface area contributed by atoms with Crippen LogP contribution in [0.1, 0.15) is 30.0 Å². The van der Waals surface area contributed by atoms with Crippen molar-refractivity contribution in [1.82, 2.24) is 0 Å². The van der Waals surface area contributed by atoms with Crippen LogP contribution in [0.25, 0.3) is 12.2 Å². The number of benzene rings is 2. The second-order valence-electron chi connectivity index (χ2n) is 6.29. The fourth-order valence-corrected chi connectivity index (χ4v) is 2.50. The highest BCUT2D eigenvalue weighted by Crippen LogP contribution is 2.15. The van der Waals surface area contributed by atoms with Gasteiger partial charge < -0.3 is 19.0 Å². The summed E-state index contributed by atoms with van der Waals surface area (Å²) in [7, 11) is 1.61. The molecule has 0 aliphatic carbocycles. The third kappa shape index (κ3) is 9.02. The molecule has 0 spiro atoms. The molecule has 2 aromatic carbocycles. The Balaban J connectivity index is 1.69. The molecule has 0 aliphatic heterocycles. The van der Waals surface area contributed by atoms with Crippen molar-refractivity contribution in [2.75, 3.05) is 33.0 Å². The van der Waals surface area contributed by atoms with Crippen molar-refractivity contribution in [2.45, 2.75) is 19.7 Å². The second kappa shape index (κ2) is 13.8. The zero-order chi connectivity index (χ0) is 19.9. The van der Waals surface area contributed by atoms with E-state index in [1.165, 1.54) is 0 Å². The fraction of sp³-hybridized carbons (Fsp3) is 0.348. The van der Waals surface area contributed by atoms with Crippen molar-refractivity contribution < 1.29 is 19.0 Å². The summed E-state index contributed by atoms with van der Waals surface area (Å²) in [5.74, 6) is 0.832. The van der Waals surface area contributed by atoms with Crippen molar-refractivity contribution in [3.8, 4) is 5.75 Å². The molecular formula is C23H28BO4. The summed E-state index contributed by atoms with van der Waals surface area (Å²) in [4.78, 5) is 10.4. The molecule has 0 amide bonds. The maximum atomic E-state index is 10.4. The molecule has 0 N–H and O–H groups in total. The van der Waals surface area contributed by atoms with Gasteiger partial charge in [-0.05, 0) is 36.0 Å². The van der Waals surface area contributed by atoms with Gasteiger partial charge in [-0.1, -0.05) is 61.0 Å². The average Bonchev–Trinajstić information content (AvgIpc) is 2.74. The van der Waals surface area contributed by atoms with Gasteiger partial charge in [-0.25, -0.2) is 0 Å². The van der Waals surface area contributed by atoms with Crippen molar-refractivity contribution in [3.05, 3.63) is 65.2 Å². The predicted molar refractivity (Wildman–Crippen MR) is 115 cm³/mol. The minimum atomic E-state index is 0.525. The van der Waals surface area contributed by atoms with E-state index in [2.05, 4.69) is 31.2 Å². The van der Waals surface area contributed by atoms with E-state index in [9.17, 15) is 4.79 Å². The van der Waals surface area contributed by atoms with Gasteiger partial charge in [0.1, 0.15) is 12.4 Å². The molecule has 0 saturated heterocycles. The Morgan fingerprint density at radius 2 is 1.36 bits per heavy atom. The first-order valence-electron chi connectivity index (χ1n) is 9.74. The highest BCUT2D eigenvalue weighted by atomic mass is 16.5. The van der Waals surface area contributed by atoms with E-state index in [-0.39, 0.29) is 0 Å². The zero-order valence-corrected chi connectivity index (χ0v) is 16.5. The summed E-state index contributed by atoms with van der Waals surface area (Å²) >= 11 is 0. The lowest BCUT2D eigenvalue weighted by molar-refractivity contribution is 0.0366. The lowest BCUT2D eigenvalue weighted by Crippen LogP contribution is -2.11. The van der Waals surface area contributed by atoms with Gasteiger partial charge >= 0.3 is 0 Å². The van der Waals surface area contributed by atoms with Crippen LogP contribution in [0, 0.1) is 0 Å². The van der Waals surface area contributed by atoms with Crippen LogP contribution < -0.4 is 4.74 Å². The maximum absolute atomic E-state index is 10.4. The van der Waals surface area contributed by atoms with E-state index in [0.29, 0.717) is 32.7 Å². The monoisotopic (exact) mass is 379 g/mol. The zero-order valence-electron chi connectivity index (χ0n) is 16.5. The number of hydrogen-bond donors (Lipinski definition) is 0. The van der Waals surface area contributed by atoms with Crippen LogP contribution in [-0.4, -0.2) is 46.5 Å². The van der Waals surface area contributed by atoms with E-state index >= 15 is 0 Å². The number of carbonyl (C=O) groups excluding carboxylic acids is 1. The van der Waals surface area contributed by atoms with Crippen LogP contribution in [0.5, 0.6) is 5.75 Å². The van der Waals surface area contributed by atoms with E-state index < -0.39 is 0 Å². The van der Waals surface area contributed by atoms with E-state index in [0.717, 1.165) is 41.7 Å². The average molecular weight is 379 g/mol. The lowest BCUT2D eigenvalue weighted by Gasteiger charge is -2.07. The van der Waals surface area contributed by atoms with Gasteiger partial charge in [0.15, 0.2) is 0 Å². The van der Waals surface area contributed by atoms with Crippen LogP contribution >= 0.6 is 0 Å². The van der Waals surface area contributed by atoms with Crippen LogP contribution in [0.4, 0.5) is 0 Å². The summed E-state index contributed by atoms with van der Waals surface area (Å²) < 4.78 is 16.5. The molecule has 28 heavy (non-hydrogen) atoms. The highest BCUT2D eigenvalue weighted by molar-refractivity contribution is 6.66. The van der Waals surface area contributed by atoms with Crippen molar-refractivity contribution in [3.63, 3.8) is 0 Å². The Morgan fingerprint density at radius 1 is 0.786 bits per heavy atom. The van der Waals surface area contributed by atoms with Crippen molar-refractivity contribution in [2.24, 2.45) is 0 Å². The van der Waals surface area contributed by atoms with E-state index in [1.54, 1.807) is 7.28 Å². The van der Waals surface area contributed by atoms with E-state index in [1.807, 2.05) is 36.4 Å². The fourth-order valence-electron chi connectivity index (χ4n) is 2.50. The Kier molecular flexibility index (Phi) is 10.8. The molecule has 2 rings (SSSR count). The first-order chi connectivity index (χ1) is 13.8. The number of hydrogen-bond acceptors (Lipinski definition) is 4. The largest absolute Gasteiger partial charge is 0.491 e. The molecular weight excluding hydrogens is 351 g/mol. The number of carbonyl (C=O) groups is 1. The van der Waals surface area contributed by atoms with Crippen LogP contribution in [0.15, 0.2) is 48.5 Å². The Morgan fingerprint density at radius 3 is 1.96 bits per heavy atom. The topological polar surface area (TPSA) is 44.8 Å². The van der Waals surface area contributed by atoms with Gasteiger partial charge in [-0.3, -0.25) is 0 Å². The molecule has 0 aliphatic rings. The summed E-state index contributed by atoms with van der Waals surface area (Å²) in [6, 6.07) is 16.1. The smallest absolute Gasteiger partial charge is 0.202 e. The van der Waals surface area contributed by atoms with Gasteiger partial charge in [0.2, 0.25) is 7.28 Å². The van der Waals surface area contributed by atoms with Gasteiger partial charge in [0, 0.05) is 6.61 Å². The standard InChI is InChI=1S/C23H28BO4/c1-2-13-26-14-15-27-16-17-28-23-11-9-21(10-12-23)4-3-20-5-7-22(8-6-20)18-24-19-25/h3-12,19H,2,13-18H2,1H3/b4-3+. The predicted octanol–water partition coefficient (Wildman–Crippen LogP) is 4.07. The first-order valence-corrected chi connectivity index (χ1v) is 9.74. The molecule has 147 valence electrons. The third-order valence-corrected chi connectivity index (χ3v) is 3.99. The Labute approximate surface area is 168 Å². The normalized spacial score (nSPS) is 10.9. The molecule has 0 aromatic heterocycles. The minimum absolute atomic E-state index is 0.525. The number of rotatable bonds is 14. The van der Waals surface area contributed by atoms with Crippen LogP contribution in [0.3, 0.4) is 0 Å². The molecule has 2 aromatic rings. The van der Waals surface area contributed by atoms with Crippen LogP contribution in [-0.2, 0) is 20.6 Å². The minimum Gasteiger partial charge on any atom is -0.491 e. The maximum Gasteiger partial charge on any atom is 0.202 e. The van der Waals surface area contributed by atoms with Gasteiger partial charge in [0.05, 0.1) is 26.0 Å².